The molecule has 8 heteroatoms. The number of hydrogen-bond acceptors (Lipinski definition) is 5. The SMILES string of the molecule is CN(C)c1ccc(-c2cc(OCCCCCCc3cccc(OCCCC(=O)O)c3CCC(=O)O)cc(-c3ccc(Cl)cc3)c2)cc1. The van der Waals surface area contributed by atoms with E-state index >= 15 is 0 Å². The highest BCUT2D eigenvalue weighted by atomic mass is 35.5. The van der Waals surface area contributed by atoms with E-state index in [2.05, 4.69) is 47.4 Å². The van der Waals surface area contributed by atoms with Crippen LogP contribution in [-0.2, 0) is 22.4 Å². The second-order valence-corrected chi connectivity index (χ2v) is 12.3. The minimum atomic E-state index is -0.860. The smallest absolute Gasteiger partial charge is 0.303 e. The van der Waals surface area contributed by atoms with Crippen molar-refractivity contribution in [3.05, 3.63) is 101 Å². The summed E-state index contributed by atoms with van der Waals surface area (Å²) < 4.78 is 12.2. The number of unbranched alkanes of at least 4 members (excludes halogenated alkanes) is 3. The number of hydrogen-bond donors (Lipinski definition) is 2. The van der Waals surface area contributed by atoms with Crippen LogP contribution >= 0.6 is 11.6 Å². The monoisotopic (exact) mass is 657 g/mol. The van der Waals surface area contributed by atoms with Gasteiger partial charge in [-0.3, -0.25) is 9.59 Å². The molecule has 0 bridgehead atoms. The van der Waals surface area contributed by atoms with Crippen molar-refractivity contribution in [2.45, 2.75) is 57.8 Å². The van der Waals surface area contributed by atoms with E-state index in [0.717, 1.165) is 76.9 Å². The van der Waals surface area contributed by atoms with Crippen molar-refractivity contribution in [2.24, 2.45) is 0 Å². The van der Waals surface area contributed by atoms with E-state index in [4.69, 9.17) is 26.2 Å². The van der Waals surface area contributed by atoms with Crippen molar-refractivity contribution in [1.29, 1.82) is 0 Å². The van der Waals surface area contributed by atoms with E-state index in [0.29, 0.717) is 30.2 Å². The Morgan fingerprint density at radius 2 is 1.28 bits per heavy atom. The first-order valence-electron chi connectivity index (χ1n) is 16.2. The molecule has 0 radical (unpaired) electrons. The molecular weight excluding hydrogens is 614 g/mol. The van der Waals surface area contributed by atoms with Gasteiger partial charge in [-0.15, -0.1) is 0 Å². The Labute approximate surface area is 282 Å². The molecule has 0 aliphatic rings. The Hall–Kier alpha value is -4.49. The number of aryl methyl sites for hydroxylation is 1. The molecule has 0 fully saturated rings. The number of carboxylic acids is 2. The van der Waals surface area contributed by atoms with Gasteiger partial charge in [0.25, 0.3) is 0 Å². The van der Waals surface area contributed by atoms with Crippen LogP contribution in [0.5, 0.6) is 11.5 Å². The predicted octanol–water partition coefficient (Wildman–Crippen LogP) is 9.18. The van der Waals surface area contributed by atoms with Gasteiger partial charge in [-0.05, 0) is 114 Å². The van der Waals surface area contributed by atoms with E-state index in [1.54, 1.807) is 0 Å². The molecule has 47 heavy (non-hydrogen) atoms. The largest absolute Gasteiger partial charge is 0.494 e. The molecule has 0 atom stereocenters. The van der Waals surface area contributed by atoms with Crippen LogP contribution < -0.4 is 14.4 Å². The fraction of sp³-hybridized carbons (Fsp3) is 0.333. The molecule has 4 rings (SSSR count). The molecule has 4 aromatic rings. The molecule has 0 aromatic heterocycles. The standard InChI is InChI=1S/C39H44ClNO6/c1-41(2)34-19-15-29(16-20-34)32-25-31(28-13-17-33(40)18-14-28)26-35(27-32)46-23-6-4-3-5-9-30-10-7-11-37(36(30)21-22-39(44)45)47-24-8-12-38(42)43/h7,10-11,13-20,25-27H,3-6,8-9,12,21-24H2,1-2H3,(H,42,43)(H,44,45). The summed E-state index contributed by atoms with van der Waals surface area (Å²) in [6, 6.07) is 28.5. The molecule has 0 saturated heterocycles. The molecule has 0 spiro atoms. The third kappa shape index (κ3) is 11.4. The molecule has 0 saturated carbocycles. The first-order valence-corrected chi connectivity index (χ1v) is 16.6. The average Bonchev–Trinajstić information content (AvgIpc) is 3.05. The summed E-state index contributed by atoms with van der Waals surface area (Å²) in [5, 5.41) is 18.9. The van der Waals surface area contributed by atoms with Crippen LogP contribution in [0.25, 0.3) is 22.3 Å². The van der Waals surface area contributed by atoms with E-state index in [9.17, 15) is 14.7 Å². The zero-order valence-corrected chi connectivity index (χ0v) is 28.0. The summed E-state index contributed by atoms with van der Waals surface area (Å²) in [5.41, 5.74) is 7.48. The lowest BCUT2D eigenvalue weighted by molar-refractivity contribution is -0.138. The predicted molar refractivity (Wildman–Crippen MR) is 189 cm³/mol. The first-order chi connectivity index (χ1) is 22.7. The molecule has 0 heterocycles. The summed E-state index contributed by atoms with van der Waals surface area (Å²) >= 11 is 6.15. The number of ether oxygens (including phenoxy) is 2. The molecule has 248 valence electrons. The van der Waals surface area contributed by atoms with Gasteiger partial charge in [-0.2, -0.15) is 0 Å². The topological polar surface area (TPSA) is 96.3 Å². The van der Waals surface area contributed by atoms with E-state index in [-0.39, 0.29) is 19.4 Å². The molecule has 4 aromatic carbocycles. The Bertz CT molecular complexity index is 1600. The van der Waals surface area contributed by atoms with Crippen LogP contribution in [0.4, 0.5) is 5.69 Å². The molecule has 0 aliphatic carbocycles. The van der Waals surface area contributed by atoms with Crippen LogP contribution in [0.2, 0.25) is 5.02 Å². The van der Waals surface area contributed by atoms with Crippen molar-refractivity contribution < 1.29 is 29.3 Å². The molecule has 7 nitrogen and oxygen atoms in total. The van der Waals surface area contributed by atoms with E-state index in [1.165, 1.54) is 0 Å². The van der Waals surface area contributed by atoms with Gasteiger partial charge in [0, 0.05) is 37.6 Å². The lowest BCUT2D eigenvalue weighted by Crippen LogP contribution is -2.07. The summed E-state index contributed by atoms with van der Waals surface area (Å²) in [4.78, 5) is 24.2. The van der Waals surface area contributed by atoms with Crippen LogP contribution in [0.1, 0.15) is 56.1 Å². The normalized spacial score (nSPS) is 10.9. The van der Waals surface area contributed by atoms with Gasteiger partial charge >= 0.3 is 11.9 Å². The van der Waals surface area contributed by atoms with Gasteiger partial charge in [0.15, 0.2) is 0 Å². The van der Waals surface area contributed by atoms with Crippen LogP contribution in [-0.4, -0.2) is 49.5 Å². The van der Waals surface area contributed by atoms with Gasteiger partial charge in [-0.25, -0.2) is 0 Å². The maximum atomic E-state index is 11.3. The van der Waals surface area contributed by atoms with Crippen molar-refractivity contribution in [3.63, 3.8) is 0 Å². The minimum Gasteiger partial charge on any atom is -0.494 e. The second-order valence-electron chi connectivity index (χ2n) is 11.8. The number of anilines is 1. The highest BCUT2D eigenvalue weighted by Crippen LogP contribution is 2.33. The Morgan fingerprint density at radius 1 is 0.660 bits per heavy atom. The fourth-order valence-corrected chi connectivity index (χ4v) is 5.60. The number of halogens is 1. The van der Waals surface area contributed by atoms with Crippen molar-refractivity contribution >= 4 is 29.2 Å². The zero-order chi connectivity index (χ0) is 33.6. The highest BCUT2D eigenvalue weighted by molar-refractivity contribution is 6.30. The molecule has 0 unspecified atom stereocenters. The Balaban J connectivity index is 1.34. The van der Waals surface area contributed by atoms with Crippen LogP contribution in [0.15, 0.2) is 84.9 Å². The summed E-state index contributed by atoms with van der Waals surface area (Å²) in [6.45, 7) is 0.884. The van der Waals surface area contributed by atoms with Gasteiger partial charge in [0.2, 0.25) is 0 Å². The van der Waals surface area contributed by atoms with Crippen molar-refractivity contribution in [3.8, 4) is 33.8 Å². The zero-order valence-electron chi connectivity index (χ0n) is 27.2. The number of carboxylic acid groups (broad SMARTS) is 2. The number of nitrogens with zero attached hydrogens (tertiary/aromatic N) is 1. The van der Waals surface area contributed by atoms with Gasteiger partial charge in [0.05, 0.1) is 13.2 Å². The Morgan fingerprint density at radius 3 is 1.91 bits per heavy atom. The molecule has 0 aliphatic heterocycles. The third-order valence-electron chi connectivity index (χ3n) is 8.02. The summed E-state index contributed by atoms with van der Waals surface area (Å²) in [7, 11) is 4.06. The maximum absolute atomic E-state index is 11.3. The van der Waals surface area contributed by atoms with Gasteiger partial charge in [0.1, 0.15) is 11.5 Å². The first kappa shape index (κ1) is 35.4. The number of carbonyl (C=O) groups is 2. The van der Waals surface area contributed by atoms with Gasteiger partial charge in [-0.1, -0.05) is 60.8 Å². The van der Waals surface area contributed by atoms with Crippen molar-refractivity contribution in [2.75, 3.05) is 32.2 Å². The number of aliphatic carboxylic acids is 2. The maximum Gasteiger partial charge on any atom is 0.303 e. The van der Waals surface area contributed by atoms with Crippen LogP contribution in [0, 0.1) is 0 Å². The summed E-state index contributed by atoms with van der Waals surface area (Å²) in [6.07, 6.45) is 5.54. The highest BCUT2D eigenvalue weighted by Gasteiger charge is 2.13. The van der Waals surface area contributed by atoms with Crippen LogP contribution in [0.3, 0.4) is 0 Å². The van der Waals surface area contributed by atoms with Gasteiger partial charge < -0.3 is 24.6 Å². The lowest BCUT2D eigenvalue weighted by atomic mass is 9.97. The minimum absolute atomic E-state index is 0.0160. The summed E-state index contributed by atoms with van der Waals surface area (Å²) in [5.74, 6) is -0.241. The third-order valence-corrected chi connectivity index (χ3v) is 8.27. The fourth-order valence-electron chi connectivity index (χ4n) is 5.47. The second kappa shape index (κ2) is 18.0. The quantitative estimate of drug-likeness (QED) is 0.0971. The number of rotatable bonds is 19. The lowest BCUT2D eigenvalue weighted by Gasteiger charge is -2.15. The average molecular weight is 658 g/mol. The molecule has 2 N–H and O–H groups in total. The van der Waals surface area contributed by atoms with Crippen molar-refractivity contribution in [1.82, 2.24) is 0 Å². The number of benzene rings is 4. The molecular formula is C39H44ClNO6. The molecule has 0 amide bonds. The Kier molecular flexibility index (Phi) is 13.5. The van der Waals surface area contributed by atoms with E-state index < -0.39 is 11.9 Å². The van der Waals surface area contributed by atoms with E-state index in [1.807, 2.05) is 56.6 Å².